The van der Waals surface area contributed by atoms with Crippen LogP contribution in [0.15, 0.2) is 48.5 Å². The lowest BCUT2D eigenvalue weighted by atomic mass is 10.1. The Labute approximate surface area is 158 Å². The summed E-state index contributed by atoms with van der Waals surface area (Å²) >= 11 is 11.1. The molecular formula is C19H14Cl2F2N2O. The fourth-order valence-electron chi connectivity index (χ4n) is 2.82. The van der Waals surface area contributed by atoms with Crippen molar-refractivity contribution in [3.8, 4) is 5.75 Å². The lowest BCUT2D eigenvalue weighted by molar-refractivity contribution is -0.0964. The highest BCUT2D eigenvalue weighted by Gasteiger charge is 2.27. The van der Waals surface area contributed by atoms with E-state index < -0.39 is 5.57 Å². The highest BCUT2D eigenvalue weighted by Crippen LogP contribution is 2.42. The molecule has 0 atom stereocenters. The maximum atomic E-state index is 12.6. The number of pyridine rings is 1. The largest absolute Gasteiger partial charge is 0.487 e. The second-order valence-corrected chi connectivity index (χ2v) is 7.09. The summed E-state index contributed by atoms with van der Waals surface area (Å²) in [6.07, 6.45) is 2.43. The monoisotopic (exact) mass is 394 g/mol. The van der Waals surface area contributed by atoms with Crippen molar-refractivity contribution in [2.75, 3.05) is 5.32 Å². The maximum absolute atomic E-state index is 12.6. The van der Waals surface area contributed by atoms with Crippen molar-refractivity contribution in [1.82, 2.24) is 4.98 Å². The quantitative estimate of drug-likeness (QED) is 0.490. The molecule has 134 valence electrons. The molecule has 0 bridgehead atoms. The number of aromatic nitrogens is 1. The summed E-state index contributed by atoms with van der Waals surface area (Å²) in [5.41, 5.74) is -1.07. The third kappa shape index (κ3) is 4.00. The number of alkyl halides is 3. The average Bonchev–Trinajstić information content (AvgIpc) is 3.41. The smallest absolute Gasteiger partial charge is 0.420 e. The van der Waals surface area contributed by atoms with Crippen LogP contribution in [0.4, 0.5) is 20.3 Å². The van der Waals surface area contributed by atoms with Gasteiger partial charge in [0.2, 0.25) is 0 Å². The highest BCUT2D eigenvalue weighted by atomic mass is 35.5. The molecule has 1 fully saturated rings. The predicted molar refractivity (Wildman–Crippen MR) is 99.9 cm³/mol. The number of halogens is 4. The summed E-state index contributed by atoms with van der Waals surface area (Å²) in [7, 11) is 0. The van der Waals surface area contributed by atoms with Crippen LogP contribution in [0.25, 0.3) is 10.9 Å². The van der Waals surface area contributed by atoms with Gasteiger partial charge in [-0.25, -0.2) is 4.98 Å². The van der Waals surface area contributed by atoms with E-state index in [1.54, 1.807) is 12.1 Å². The molecular weight excluding hydrogens is 381 g/mol. The number of ether oxygens (including phenoxy) is 1. The van der Waals surface area contributed by atoms with E-state index in [1.165, 1.54) is 30.5 Å². The van der Waals surface area contributed by atoms with Crippen LogP contribution in [0.5, 0.6) is 5.75 Å². The minimum Gasteiger partial charge on any atom is -0.420 e. The van der Waals surface area contributed by atoms with Gasteiger partial charge in [-0.05, 0) is 72.9 Å². The minimum absolute atomic E-state index is 0.0299. The first kappa shape index (κ1) is 17.3. The lowest BCUT2D eigenvalue weighted by Crippen LogP contribution is -2.15. The molecule has 1 saturated carbocycles. The number of benzene rings is 2. The van der Waals surface area contributed by atoms with Crippen molar-refractivity contribution >= 4 is 45.6 Å². The van der Waals surface area contributed by atoms with Gasteiger partial charge in [0.1, 0.15) is 11.6 Å². The molecule has 4 rings (SSSR count). The SMILES string of the molecule is FC(F)(Cl)Oc1ccc(Nc2ccc3cc(C4CC4)cc(Cl)c3n2)cc1. The van der Waals surface area contributed by atoms with Crippen molar-refractivity contribution in [3.63, 3.8) is 0 Å². The number of nitrogens with one attached hydrogen (secondary N) is 1. The van der Waals surface area contributed by atoms with Crippen LogP contribution in [0.2, 0.25) is 5.02 Å². The molecule has 26 heavy (non-hydrogen) atoms. The highest BCUT2D eigenvalue weighted by molar-refractivity contribution is 6.35. The summed E-state index contributed by atoms with van der Waals surface area (Å²) in [4.78, 5) is 4.56. The first-order valence-corrected chi connectivity index (χ1v) is 8.86. The molecule has 1 heterocycles. The van der Waals surface area contributed by atoms with Gasteiger partial charge in [0, 0.05) is 22.7 Å². The molecule has 1 N–H and O–H groups in total. The summed E-state index contributed by atoms with van der Waals surface area (Å²) < 4.78 is 29.5. The van der Waals surface area contributed by atoms with Crippen molar-refractivity contribution in [1.29, 1.82) is 0 Å². The Morgan fingerprint density at radius 2 is 1.81 bits per heavy atom. The van der Waals surface area contributed by atoms with E-state index in [9.17, 15) is 8.78 Å². The third-order valence-electron chi connectivity index (χ3n) is 4.18. The Bertz CT molecular complexity index is 954. The number of anilines is 2. The number of hydrogen-bond acceptors (Lipinski definition) is 3. The van der Waals surface area contributed by atoms with Gasteiger partial charge in [-0.3, -0.25) is 0 Å². The van der Waals surface area contributed by atoms with Crippen LogP contribution in [0.1, 0.15) is 24.3 Å². The summed E-state index contributed by atoms with van der Waals surface area (Å²) in [6, 6.07) is 13.9. The second-order valence-electron chi connectivity index (χ2n) is 6.24. The molecule has 0 unspecified atom stereocenters. The summed E-state index contributed by atoms with van der Waals surface area (Å²) in [5.74, 6) is 1.20. The minimum atomic E-state index is -3.73. The Kier molecular flexibility index (Phi) is 4.37. The van der Waals surface area contributed by atoms with Gasteiger partial charge in [-0.1, -0.05) is 11.6 Å². The van der Waals surface area contributed by atoms with Crippen molar-refractivity contribution in [2.24, 2.45) is 0 Å². The predicted octanol–water partition coefficient (Wildman–Crippen LogP) is 6.68. The van der Waals surface area contributed by atoms with Gasteiger partial charge < -0.3 is 10.1 Å². The molecule has 3 aromatic rings. The molecule has 0 spiro atoms. The van der Waals surface area contributed by atoms with Crippen LogP contribution in [0.3, 0.4) is 0 Å². The lowest BCUT2D eigenvalue weighted by Gasteiger charge is -2.12. The molecule has 3 nitrogen and oxygen atoms in total. The molecule has 0 radical (unpaired) electrons. The molecule has 1 aliphatic carbocycles. The van der Waals surface area contributed by atoms with E-state index in [0.717, 1.165) is 10.9 Å². The van der Waals surface area contributed by atoms with Gasteiger partial charge >= 0.3 is 5.57 Å². The van der Waals surface area contributed by atoms with Gasteiger partial charge in [-0.2, -0.15) is 0 Å². The van der Waals surface area contributed by atoms with Crippen molar-refractivity contribution in [2.45, 2.75) is 24.3 Å². The summed E-state index contributed by atoms with van der Waals surface area (Å²) in [6.45, 7) is 0. The molecule has 7 heteroatoms. The average molecular weight is 395 g/mol. The van der Waals surface area contributed by atoms with Crippen LogP contribution < -0.4 is 10.1 Å². The van der Waals surface area contributed by atoms with E-state index in [-0.39, 0.29) is 5.75 Å². The molecule has 0 saturated heterocycles. The van der Waals surface area contributed by atoms with Gasteiger partial charge in [0.15, 0.2) is 0 Å². The third-order valence-corrected chi connectivity index (χ3v) is 4.54. The molecule has 0 aliphatic heterocycles. The van der Waals surface area contributed by atoms with Crippen LogP contribution in [0, 0.1) is 0 Å². The van der Waals surface area contributed by atoms with Crippen molar-refractivity contribution in [3.05, 3.63) is 59.1 Å². The van der Waals surface area contributed by atoms with Crippen LogP contribution >= 0.6 is 23.2 Å². The zero-order valence-electron chi connectivity index (χ0n) is 13.5. The molecule has 2 aromatic carbocycles. The Hall–Kier alpha value is -2.11. The first-order chi connectivity index (χ1) is 12.4. The van der Waals surface area contributed by atoms with E-state index >= 15 is 0 Å². The number of hydrogen-bond donors (Lipinski definition) is 1. The second kappa shape index (κ2) is 6.56. The maximum Gasteiger partial charge on any atom is 0.487 e. The van der Waals surface area contributed by atoms with E-state index in [1.807, 2.05) is 18.2 Å². The van der Waals surface area contributed by atoms with Crippen LogP contribution in [-0.2, 0) is 0 Å². The van der Waals surface area contributed by atoms with E-state index in [2.05, 4.69) is 21.1 Å². The number of fused-ring (bicyclic) bond motifs is 1. The Balaban J connectivity index is 1.55. The topological polar surface area (TPSA) is 34.1 Å². The zero-order chi connectivity index (χ0) is 18.3. The standard InChI is InChI=1S/C19H14Cl2F2N2O/c20-16-10-13(11-1-2-11)9-12-3-8-17(25-18(12)16)24-14-4-6-15(7-5-14)26-19(21,22)23/h3-11H,1-2H2,(H,24,25). The fourth-order valence-corrected chi connectivity index (χ4v) is 3.19. The zero-order valence-corrected chi connectivity index (χ0v) is 15.0. The number of rotatable bonds is 5. The number of nitrogens with zero attached hydrogens (tertiary/aromatic N) is 1. The Morgan fingerprint density at radius 1 is 1.08 bits per heavy atom. The molecule has 1 aliphatic rings. The normalized spacial score (nSPS) is 14.5. The fraction of sp³-hybridized carbons (Fsp3) is 0.211. The van der Waals surface area contributed by atoms with Gasteiger partial charge in [0.05, 0.1) is 10.5 Å². The van der Waals surface area contributed by atoms with Gasteiger partial charge in [-0.15, -0.1) is 8.78 Å². The van der Waals surface area contributed by atoms with Crippen LogP contribution in [-0.4, -0.2) is 10.6 Å². The van der Waals surface area contributed by atoms with E-state index in [4.69, 9.17) is 23.2 Å². The van der Waals surface area contributed by atoms with Crippen molar-refractivity contribution < 1.29 is 13.5 Å². The van der Waals surface area contributed by atoms with E-state index in [0.29, 0.717) is 22.4 Å². The molecule has 1 aromatic heterocycles. The summed E-state index contributed by atoms with van der Waals surface area (Å²) in [5, 5.41) is 4.74. The first-order valence-electron chi connectivity index (χ1n) is 8.10. The Morgan fingerprint density at radius 3 is 2.46 bits per heavy atom. The van der Waals surface area contributed by atoms with Gasteiger partial charge in [0.25, 0.3) is 0 Å². The molecule has 0 amide bonds.